The first-order valence-corrected chi connectivity index (χ1v) is 11.5. The largest absolute Gasteiger partial charge is 0.351 e. The molecule has 1 aromatic heterocycles. The maximum atomic E-state index is 14.4. The Hall–Kier alpha value is -3.55. The molecular formula is C26H20ClFN4OS. The number of allylic oxidation sites excluding steroid dienone is 1. The highest BCUT2D eigenvalue weighted by atomic mass is 35.5. The molecule has 1 atom stereocenters. The van der Waals surface area contributed by atoms with Crippen molar-refractivity contribution < 1.29 is 8.91 Å². The second-order valence-corrected chi connectivity index (χ2v) is 8.73. The normalized spacial score (nSPS) is 16.0. The van der Waals surface area contributed by atoms with E-state index in [9.17, 15) is 4.39 Å². The third-order valence-electron chi connectivity index (χ3n) is 5.75. The second-order valence-electron chi connectivity index (χ2n) is 7.90. The average molecular weight is 491 g/mol. The van der Waals surface area contributed by atoms with Gasteiger partial charge < -0.3 is 14.7 Å². The van der Waals surface area contributed by atoms with Gasteiger partial charge in [-0.1, -0.05) is 77.4 Å². The molecular weight excluding hydrogens is 471 g/mol. The molecule has 0 fully saturated rings. The summed E-state index contributed by atoms with van der Waals surface area (Å²) >= 11 is 12.0. The molecule has 5 rings (SSSR count). The summed E-state index contributed by atoms with van der Waals surface area (Å²) in [6, 6.07) is 23.4. The Kier molecular flexibility index (Phi) is 6.13. The summed E-state index contributed by atoms with van der Waals surface area (Å²) in [4.78, 5) is 6.53. The van der Waals surface area contributed by atoms with E-state index in [4.69, 9.17) is 28.3 Å². The highest BCUT2D eigenvalue weighted by Crippen LogP contribution is 2.38. The van der Waals surface area contributed by atoms with Crippen molar-refractivity contribution in [1.82, 2.24) is 20.4 Å². The molecule has 0 radical (unpaired) electrons. The number of hydrogen-bond acceptors (Lipinski definition) is 4. The standard InChI is InChI=1S/C26H20ClFN4OS/c1-16-22(25-30-24(31-33-25)17-8-3-2-4-9-17)23(18-11-7-12-20(27)14-18)29-26(34)32(16)15-19-10-5-6-13-21(19)28/h2-14,23H,15H2,1H3,(H,29,34). The molecule has 0 amide bonds. The van der Waals surface area contributed by atoms with Crippen LogP contribution in [0.1, 0.15) is 30.0 Å². The van der Waals surface area contributed by atoms with Crippen molar-refractivity contribution in [3.05, 3.63) is 112 Å². The topological polar surface area (TPSA) is 54.2 Å². The van der Waals surface area contributed by atoms with Crippen molar-refractivity contribution in [2.75, 3.05) is 0 Å². The SMILES string of the molecule is CC1=C(c2nc(-c3ccccc3)no2)C(c2cccc(Cl)c2)NC(=S)N1Cc1ccccc1F. The molecule has 0 saturated heterocycles. The van der Waals surface area contributed by atoms with E-state index in [-0.39, 0.29) is 18.4 Å². The van der Waals surface area contributed by atoms with Crippen molar-refractivity contribution in [3.63, 3.8) is 0 Å². The third-order valence-corrected chi connectivity index (χ3v) is 6.33. The van der Waals surface area contributed by atoms with Gasteiger partial charge in [-0.05, 0) is 42.9 Å². The minimum Gasteiger partial charge on any atom is -0.351 e. The van der Waals surface area contributed by atoms with Crippen molar-refractivity contribution in [2.24, 2.45) is 0 Å². The van der Waals surface area contributed by atoms with Gasteiger partial charge in [0.1, 0.15) is 5.82 Å². The van der Waals surface area contributed by atoms with Crippen LogP contribution in [0.2, 0.25) is 5.02 Å². The van der Waals surface area contributed by atoms with Crippen LogP contribution in [-0.4, -0.2) is 20.2 Å². The molecule has 3 aromatic carbocycles. The minimum absolute atomic E-state index is 0.260. The number of benzene rings is 3. The van der Waals surface area contributed by atoms with E-state index >= 15 is 0 Å². The lowest BCUT2D eigenvalue weighted by molar-refractivity contribution is 0.395. The molecule has 2 heterocycles. The van der Waals surface area contributed by atoms with Crippen LogP contribution >= 0.6 is 23.8 Å². The molecule has 0 spiro atoms. The van der Waals surface area contributed by atoms with Crippen LogP contribution in [0.4, 0.5) is 4.39 Å². The zero-order valence-corrected chi connectivity index (χ0v) is 19.8. The molecule has 34 heavy (non-hydrogen) atoms. The van der Waals surface area contributed by atoms with E-state index in [0.29, 0.717) is 27.4 Å². The first-order valence-electron chi connectivity index (χ1n) is 10.7. The summed E-state index contributed by atoms with van der Waals surface area (Å²) in [5.41, 5.74) is 3.82. The van der Waals surface area contributed by atoms with Gasteiger partial charge >= 0.3 is 0 Å². The van der Waals surface area contributed by atoms with Crippen molar-refractivity contribution >= 4 is 34.5 Å². The summed E-state index contributed by atoms with van der Waals surface area (Å²) in [5, 5.41) is 8.64. The van der Waals surface area contributed by atoms with Gasteiger partial charge in [0.2, 0.25) is 5.82 Å². The van der Waals surface area contributed by atoms with Gasteiger partial charge in [0.25, 0.3) is 5.89 Å². The monoisotopic (exact) mass is 490 g/mol. The Labute approximate surface area is 206 Å². The van der Waals surface area contributed by atoms with Gasteiger partial charge in [0.05, 0.1) is 18.2 Å². The van der Waals surface area contributed by atoms with Crippen LogP contribution < -0.4 is 5.32 Å². The van der Waals surface area contributed by atoms with Crippen LogP contribution in [0, 0.1) is 5.82 Å². The molecule has 1 aliphatic rings. The zero-order valence-electron chi connectivity index (χ0n) is 18.2. The number of aromatic nitrogens is 2. The fourth-order valence-electron chi connectivity index (χ4n) is 4.02. The average Bonchev–Trinajstić information content (AvgIpc) is 3.33. The molecule has 8 heteroatoms. The molecule has 0 saturated carbocycles. The van der Waals surface area contributed by atoms with Crippen molar-refractivity contribution in [1.29, 1.82) is 0 Å². The summed E-state index contributed by atoms with van der Waals surface area (Å²) < 4.78 is 20.2. The number of nitrogens with one attached hydrogen (secondary N) is 1. The molecule has 1 aliphatic heterocycles. The van der Waals surface area contributed by atoms with Crippen molar-refractivity contribution in [3.8, 4) is 11.4 Å². The highest BCUT2D eigenvalue weighted by Gasteiger charge is 2.34. The quantitative estimate of drug-likeness (QED) is 0.327. The molecule has 5 nitrogen and oxygen atoms in total. The Morgan fingerprint density at radius 1 is 1.06 bits per heavy atom. The maximum absolute atomic E-state index is 14.4. The lowest BCUT2D eigenvalue weighted by Gasteiger charge is -2.37. The van der Waals surface area contributed by atoms with Crippen LogP contribution in [0.25, 0.3) is 17.0 Å². The number of rotatable bonds is 5. The number of hydrogen-bond donors (Lipinski definition) is 1. The smallest absolute Gasteiger partial charge is 0.258 e. The lowest BCUT2D eigenvalue weighted by Crippen LogP contribution is -2.45. The summed E-state index contributed by atoms with van der Waals surface area (Å²) in [6.07, 6.45) is 0. The Morgan fingerprint density at radius 3 is 2.59 bits per heavy atom. The first kappa shape index (κ1) is 22.3. The molecule has 0 aliphatic carbocycles. The molecule has 170 valence electrons. The van der Waals surface area contributed by atoms with Gasteiger partial charge in [0, 0.05) is 21.8 Å². The van der Waals surface area contributed by atoms with E-state index in [0.717, 1.165) is 22.4 Å². The number of halogens is 2. The van der Waals surface area contributed by atoms with E-state index in [2.05, 4.69) is 15.5 Å². The van der Waals surface area contributed by atoms with Gasteiger partial charge in [-0.3, -0.25) is 0 Å². The predicted molar refractivity (Wildman–Crippen MR) is 134 cm³/mol. The number of thiocarbonyl (C=S) groups is 1. The number of nitrogens with zero attached hydrogens (tertiary/aromatic N) is 3. The van der Waals surface area contributed by atoms with Gasteiger partial charge in [-0.15, -0.1) is 0 Å². The van der Waals surface area contributed by atoms with Crippen LogP contribution in [-0.2, 0) is 6.54 Å². The zero-order chi connectivity index (χ0) is 23.7. The van der Waals surface area contributed by atoms with E-state index in [1.807, 2.05) is 66.4 Å². The van der Waals surface area contributed by atoms with E-state index in [1.54, 1.807) is 18.2 Å². The molecule has 0 bridgehead atoms. The Morgan fingerprint density at radius 2 is 1.82 bits per heavy atom. The predicted octanol–water partition coefficient (Wildman–Crippen LogP) is 6.39. The van der Waals surface area contributed by atoms with Crippen molar-refractivity contribution in [2.45, 2.75) is 19.5 Å². The van der Waals surface area contributed by atoms with Crippen LogP contribution in [0.5, 0.6) is 0 Å². The van der Waals surface area contributed by atoms with E-state index < -0.39 is 0 Å². The minimum atomic E-state index is -0.368. The maximum Gasteiger partial charge on any atom is 0.258 e. The fraction of sp³-hybridized carbons (Fsp3) is 0.115. The first-order chi connectivity index (χ1) is 16.5. The summed E-state index contributed by atoms with van der Waals surface area (Å²) in [7, 11) is 0. The molecule has 4 aromatic rings. The van der Waals surface area contributed by atoms with Crippen LogP contribution in [0.15, 0.2) is 89.1 Å². The summed E-state index contributed by atoms with van der Waals surface area (Å²) in [5.74, 6) is 0.546. The van der Waals surface area contributed by atoms with Gasteiger partial charge in [-0.25, -0.2) is 4.39 Å². The van der Waals surface area contributed by atoms with Gasteiger partial charge in [-0.2, -0.15) is 4.98 Å². The second kappa shape index (κ2) is 9.37. The lowest BCUT2D eigenvalue weighted by atomic mass is 9.94. The fourth-order valence-corrected chi connectivity index (χ4v) is 4.54. The molecule has 1 unspecified atom stereocenters. The van der Waals surface area contributed by atoms with Crippen LogP contribution in [0.3, 0.4) is 0 Å². The molecule has 1 N–H and O–H groups in total. The Bertz CT molecular complexity index is 1390. The third kappa shape index (κ3) is 4.32. The summed E-state index contributed by atoms with van der Waals surface area (Å²) in [6.45, 7) is 2.18. The van der Waals surface area contributed by atoms with E-state index in [1.165, 1.54) is 6.07 Å². The Balaban J connectivity index is 1.62. The highest BCUT2D eigenvalue weighted by molar-refractivity contribution is 7.80. The van der Waals surface area contributed by atoms with Gasteiger partial charge in [0.15, 0.2) is 5.11 Å².